The van der Waals surface area contributed by atoms with Crippen molar-refractivity contribution in [3.05, 3.63) is 107 Å². The van der Waals surface area contributed by atoms with Crippen LogP contribution in [-0.4, -0.2) is 59.2 Å². The molecule has 1 amide bonds. The number of carbonyl (C=O) groups excluding carboxylic acids is 2. The summed E-state index contributed by atoms with van der Waals surface area (Å²) in [5.74, 6) is -0.920. The third-order valence-corrected chi connectivity index (χ3v) is 6.57. The number of halogens is 2. The zero-order valence-corrected chi connectivity index (χ0v) is 19.1. The largest absolute Gasteiger partial charge is 0.360 e. The second kappa shape index (κ2) is 9.80. The van der Waals surface area contributed by atoms with E-state index in [4.69, 9.17) is 0 Å². The molecule has 1 fully saturated rings. The van der Waals surface area contributed by atoms with Crippen molar-refractivity contribution in [1.82, 2.24) is 14.8 Å². The molecule has 1 aliphatic heterocycles. The summed E-state index contributed by atoms with van der Waals surface area (Å²) in [5, 5.41) is 0.670. The second-order valence-corrected chi connectivity index (χ2v) is 8.81. The highest BCUT2D eigenvalue weighted by Crippen LogP contribution is 2.24. The molecular formula is C28H25F2N3O2. The Morgan fingerprint density at radius 3 is 2.11 bits per heavy atom. The van der Waals surface area contributed by atoms with Gasteiger partial charge in [-0.25, -0.2) is 8.78 Å². The summed E-state index contributed by atoms with van der Waals surface area (Å²) in [6, 6.07) is 17.3. The summed E-state index contributed by atoms with van der Waals surface area (Å²) in [5.41, 5.74) is 3.23. The van der Waals surface area contributed by atoms with Gasteiger partial charge in [-0.1, -0.05) is 12.1 Å². The van der Waals surface area contributed by atoms with Gasteiger partial charge in [0.05, 0.1) is 0 Å². The van der Waals surface area contributed by atoms with E-state index in [0.717, 1.165) is 37.1 Å². The fourth-order valence-corrected chi connectivity index (χ4v) is 4.49. The average molecular weight is 474 g/mol. The van der Waals surface area contributed by atoms with Crippen LogP contribution in [0.1, 0.15) is 31.8 Å². The number of amides is 1. The number of hydrogen-bond acceptors (Lipinski definition) is 3. The average Bonchev–Trinajstić information content (AvgIpc) is 3.31. The maximum Gasteiger partial charge on any atom is 0.253 e. The fraction of sp³-hybridized carbons (Fsp3) is 0.214. The number of rotatable bonds is 6. The van der Waals surface area contributed by atoms with E-state index >= 15 is 0 Å². The highest BCUT2D eigenvalue weighted by atomic mass is 19.1. The van der Waals surface area contributed by atoms with Gasteiger partial charge in [0, 0.05) is 66.5 Å². The van der Waals surface area contributed by atoms with E-state index < -0.39 is 5.82 Å². The number of nitrogens with one attached hydrogen (secondary N) is 1. The predicted molar refractivity (Wildman–Crippen MR) is 131 cm³/mol. The molecule has 0 unspecified atom stereocenters. The van der Waals surface area contributed by atoms with Crippen LogP contribution in [0.15, 0.2) is 72.9 Å². The van der Waals surface area contributed by atoms with Crippen LogP contribution in [0.2, 0.25) is 0 Å². The Bertz CT molecular complexity index is 1360. The fourth-order valence-electron chi connectivity index (χ4n) is 4.49. The summed E-state index contributed by atoms with van der Waals surface area (Å²) in [6.45, 7) is 3.64. The normalized spacial score (nSPS) is 14.4. The molecule has 1 aliphatic rings. The number of fused-ring (bicyclic) bond motifs is 1. The van der Waals surface area contributed by atoms with Gasteiger partial charge in [0.2, 0.25) is 0 Å². The number of piperazine rings is 1. The first-order chi connectivity index (χ1) is 17.0. The lowest BCUT2D eigenvalue weighted by Gasteiger charge is -2.34. The van der Waals surface area contributed by atoms with E-state index in [2.05, 4.69) is 9.88 Å². The quantitative estimate of drug-likeness (QED) is 0.414. The Labute approximate surface area is 202 Å². The molecular weight excluding hydrogens is 448 g/mol. The van der Waals surface area contributed by atoms with Crippen LogP contribution in [0.3, 0.4) is 0 Å². The maximum atomic E-state index is 13.2. The molecule has 1 saturated heterocycles. The Morgan fingerprint density at radius 2 is 1.43 bits per heavy atom. The number of carbonyl (C=O) groups is 2. The molecule has 0 aliphatic carbocycles. The summed E-state index contributed by atoms with van der Waals surface area (Å²) >= 11 is 0. The molecule has 0 spiro atoms. The van der Waals surface area contributed by atoms with Crippen LogP contribution >= 0.6 is 0 Å². The van der Waals surface area contributed by atoms with Crippen molar-refractivity contribution in [1.29, 1.82) is 0 Å². The van der Waals surface area contributed by atoms with Crippen molar-refractivity contribution in [3.8, 4) is 0 Å². The highest BCUT2D eigenvalue weighted by molar-refractivity contribution is 6.17. The lowest BCUT2D eigenvalue weighted by molar-refractivity contribution is 0.0638. The molecule has 35 heavy (non-hydrogen) atoms. The number of aromatic nitrogens is 1. The zero-order valence-electron chi connectivity index (χ0n) is 19.1. The Hall–Kier alpha value is -3.84. The molecule has 5 rings (SSSR count). The van der Waals surface area contributed by atoms with Crippen molar-refractivity contribution < 1.29 is 18.4 Å². The molecule has 2 heterocycles. The molecule has 7 heteroatoms. The third-order valence-electron chi connectivity index (χ3n) is 6.57. The van der Waals surface area contributed by atoms with Gasteiger partial charge in [-0.3, -0.25) is 14.5 Å². The Morgan fingerprint density at radius 1 is 0.800 bits per heavy atom. The minimum atomic E-state index is -0.399. The summed E-state index contributed by atoms with van der Waals surface area (Å²) in [6.07, 6.45) is 2.47. The van der Waals surface area contributed by atoms with Crippen LogP contribution in [-0.2, 0) is 6.42 Å². The number of aromatic amines is 1. The minimum absolute atomic E-state index is 0.0635. The first kappa shape index (κ1) is 22.9. The highest BCUT2D eigenvalue weighted by Gasteiger charge is 2.23. The topological polar surface area (TPSA) is 56.4 Å². The molecule has 1 aromatic heterocycles. The van der Waals surface area contributed by atoms with Gasteiger partial charge < -0.3 is 9.88 Å². The second-order valence-electron chi connectivity index (χ2n) is 8.81. The van der Waals surface area contributed by atoms with Crippen molar-refractivity contribution in [2.45, 2.75) is 6.42 Å². The first-order valence-electron chi connectivity index (χ1n) is 11.7. The number of benzene rings is 3. The van der Waals surface area contributed by atoms with Crippen LogP contribution < -0.4 is 0 Å². The molecule has 5 nitrogen and oxygen atoms in total. The number of H-pyrrole nitrogens is 1. The predicted octanol–water partition coefficient (Wildman–Crippen LogP) is 4.68. The lowest BCUT2D eigenvalue weighted by Crippen LogP contribution is -2.49. The third kappa shape index (κ3) is 5.00. The monoisotopic (exact) mass is 473 g/mol. The van der Waals surface area contributed by atoms with Crippen LogP contribution in [0.25, 0.3) is 10.9 Å². The molecule has 178 valence electrons. The lowest BCUT2D eigenvalue weighted by atomic mass is 10.0. The van der Waals surface area contributed by atoms with E-state index in [1.165, 1.54) is 36.4 Å². The van der Waals surface area contributed by atoms with Gasteiger partial charge >= 0.3 is 0 Å². The number of nitrogens with zero attached hydrogens (tertiary/aromatic N) is 2. The SMILES string of the molecule is O=C(c1ccc(F)cc1)c1c[nH]c2ccc(C(=O)N3CCN(CCc4ccc(F)cc4)CC3)cc12. The van der Waals surface area contributed by atoms with Gasteiger partial charge in [0.25, 0.3) is 5.91 Å². The van der Waals surface area contributed by atoms with Gasteiger partial charge in [-0.05, 0) is 66.6 Å². The standard InChI is InChI=1S/C28H25F2N3O2/c29-22-6-1-19(2-7-22)11-12-32-13-15-33(16-14-32)28(35)21-5-10-26-24(17-21)25(18-31-26)27(34)20-3-8-23(30)9-4-20/h1-10,17-18,31H,11-16H2. The van der Waals surface area contributed by atoms with Gasteiger partial charge in [0.1, 0.15) is 11.6 Å². The molecule has 3 aromatic carbocycles. The van der Waals surface area contributed by atoms with Crippen molar-refractivity contribution in [2.24, 2.45) is 0 Å². The molecule has 0 saturated carbocycles. The molecule has 0 radical (unpaired) electrons. The van der Waals surface area contributed by atoms with E-state index in [0.29, 0.717) is 35.2 Å². The minimum Gasteiger partial charge on any atom is -0.360 e. The number of ketones is 1. The summed E-state index contributed by atoms with van der Waals surface area (Å²) in [4.78, 5) is 33.4. The Balaban J connectivity index is 1.24. The zero-order chi connectivity index (χ0) is 24.4. The van der Waals surface area contributed by atoms with Crippen molar-refractivity contribution >= 4 is 22.6 Å². The first-order valence-corrected chi connectivity index (χ1v) is 11.7. The molecule has 1 N–H and O–H groups in total. The van der Waals surface area contributed by atoms with Crippen LogP contribution in [0.4, 0.5) is 8.78 Å². The number of hydrogen-bond donors (Lipinski definition) is 1. The molecule has 0 atom stereocenters. The van der Waals surface area contributed by atoms with Crippen molar-refractivity contribution in [3.63, 3.8) is 0 Å². The van der Waals surface area contributed by atoms with E-state index in [-0.39, 0.29) is 17.5 Å². The van der Waals surface area contributed by atoms with E-state index in [1.807, 2.05) is 11.0 Å². The summed E-state index contributed by atoms with van der Waals surface area (Å²) < 4.78 is 26.3. The maximum absolute atomic E-state index is 13.2. The molecule has 4 aromatic rings. The van der Waals surface area contributed by atoms with Gasteiger partial charge in [-0.2, -0.15) is 0 Å². The van der Waals surface area contributed by atoms with E-state index in [1.54, 1.807) is 30.5 Å². The Kier molecular flexibility index (Phi) is 6.42. The summed E-state index contributed by atoms with van der Waals surface area (Å²) in [7, 11) is 0. The van der Waals surface area contributed by atoms with Gasteiger partial charge in [-0.15, -0.1) is 0 Å². The van der Waals surface area contributed by atoms with Crippen LogP contribution in [0.5, 0.6) is 0 Å². The van der Waals surface area contributed by atoms with Gasteiger partial charge in [0.15, 0.2) is 5.78 Å². The smallest absolute Gasteiger partial charge is 0.253 e. The van der Waals surface area contributed by atoms with Crippen molar-refractivity contribution in [2.75, 3.05) is 32.7 Å². The molecule has 0 bridgehead atoms. The van der Waals surface area contributed by atoms with Crippen LogP contribution in [0, 0.1) is 11.6 Å². The van der Waals surface area contributed by atoms with E-state index in [9.17, 15) is 18.4 Å².